The summed E-state index contributed by atoms with van der Waals surface area (Å²) in [5, 5.41) is 0. The molecule has 0 spiro atoms. The molecule has 134 valence electrons. The third-order valence-corrected chi connectivity index (χ3v) is 4.81. The summed E-state index contributed by atoms with van der Waals surface area (Å²) in [7, 11) is 0. The zero-order valence-electron chi connectivity index (χ0n) is 13.4. The van der Waals surface area contributed by atoms with Crippen molar-refractivity contribution in [1.82, 2.24) is 0 Å². The lowest BCUT2D eigenvalue weighted by Crippen LogP contribution is -2.25. The van der Waals surface area contributed by atoms with Crippen LogP contribution in [0.25, 0.3) is 11.1 Å². The molecular formula is C19H18F5N. The summed E-state index contributed by atoms with van der Waals surface area (Å²) in [6, 6.07) is 8.79. The summed E-state index contributed by atoms with van der Waals surface area (Å²) < 4.78 is 65.4. The summed E-state index contributed by atoms with van der Waals surface area (Å²) in [6.45, 7) is 0. The summed E-state index contributed by atoms with van der Waals surface area (Å²) >= 11 is 0. The third-order valence-electron chi connectivity index (χ3n) is 4.81. The molecule has 0 saturated heterocycles. The van der Waals surface area contributed by atoms with E-state index in [1.165, 1.54) is 0 Å². The first-order chi connectivity index (χ1) is 11.8. The van der Waals surface area contributed by atoms with Gasteiger partial charge in [0.2, 0.25) is 0 Å². The maximum Gasteiger partial charge on any atom is 0.422 e. The molecule has 1 aliphatic carbocycles. The Morgan fingerprint density at radius 2 is 1.32 bits per heavy atom. The Balaban J connectivity index is 1.85. The van der Waals surface area contributed by atoms with Crippen LogP contribution in [0, 0.1) is 11.6 Å². The summed E-state index contributed by atoms with van der Waals surface area (Å²) in [5.74, 6) is -2.81. The molecule has 2 aromatic rings. The molecule has 1 saturated carbocycles. The lowest BCUT2D eigenvalue weighted by atomic mass is 9.82. The fraction of sp³-hybridized carbons (Fsp3) is 0.368. The molecule has 1 fully saturated rings. The first-order valence-electron chi connectivity index (χ1n) is 8.18. The van der Waals surface area contributed by atoms with Gasteiger partial charge >= 0.3 is 6.18 Å². The third kappa shape index (κ3) is 3.84. The monoisotopic (exact) mass is 355 g/mol. The van der Waals surface area contributed by atoms with E-state index >= 15 is 0 Å². The Hall–Kier alpha value is -1.95. The number of hydrogen-bond acceptors (Lipinski definition) is 1. The standard InChI is InChI=1S/C19H18F5N/c20-16-9-14(10-17(21)18(16)19(22,23)24)13-3-1-11(2-4-13)12-5-7-15(25)8-6-12/h1-4,9-10,12,15H,5-8,25H2. The van der Waals surface area contributed by atoms with Crippen molar-refractivity contribution in [2.75, 3.05) is 0 Å². The number of hydrogen-bond donors (Lipinski definition) is 1. The Morgan fingerprint density at radius 3 is 1.80 bits per heavy atom. The lowest BCUT2D eigenvalue weighted by molar-refractivity contribution is -0.142. The van der Waals surface area contributed by atoms with Crippen LogP contribution >= 0.6 is 0 Å². The van der Waals surface area contributed by atoms with Crippen molar-refractivity contribution in [3.05, 3.63) is 59.2 Å². The first kappa shape index (κ1) is 17.9. The van der Waals surface area contributed by atoms with E-state index in [-0.39, 0.29) is 11.6 Å². The van der Waals surface area contributed by atoms with Crippen LogP contribution in [0.1, 0.15) is 42.7 Å². The van der Waals surface area contributed by atoms with Gasteiger partial charge in [0.05, 0.1) is 0 Å². The number of halogens is 5. The highest BCUT2D eigenvalue weighted by Crippen LogP contribution is 2.37. The predicted molar refractivity (Wildman–Crippen MR) is 86.0 cm³/mol. The minimum absolute atomic E-state index is 0.0835. The Labute approximate surface area is 142 Å². The molecule has 0 amide bonds. The van der Waals surface area contributed by atoms with E-state index in [1.807, 2.05) is 12.1 Å². The van der Waals surface area contributed by atoms with Gasteiger partial charge in [0.15, 0.2) is 0 Å². The van der Waals surface area contributed by atoms with Gasteiger partial charge in [0, 0.05) is 6.04 Å². The quantitative estimate of drug-likeness (QED) is 0.694. The highest BCUT2D eigenvalue weighted by Gasteiger charge is 2.38. The molecule has 0 aliphatic heterocycles. The zero-order chi connectivity index (χ0) is 18.2. The van der Waals surface area contributed by atoms with Crippen molar-refractivity contribution in [3.8, 4) is 11.1 Å². The largest absolute Gasteiger partial charge is 0.422 e. The van der Waals surface area contributed by atoms with Gasteiger partial charge in [0.1, 0.15) is 17.2 Å². The second kappa shape index (κ2) is 6.75. The second-order valence-corrected chi connectivity index (χ2v) is 6.55. The van der Waals surface area contributed by atoms with Crippen LogP contribution in [0.4, 0.5) is 22.0 Å². The highest BCUT2D eigenvalue weighted by atomic mass is 19.4. The number of benzene rings is 2. The van der Waals surface area contributed by atoms with Crippen molar-refractivity contribution in [2.24, 2.45) is 5.73 Å². The molecule has 0 radical (unpaired) electrons. The predicted octanol–water partition coefficient (Wildman–Crippen LogP) is 5.64. The molecule has 2 aromatic carbocycles. The van der Waals surface area contributed by atoms with Crippen LogP contribution in [0.5, 0.6) is 0 Å². The molecule has 1 nitrogen and oxygen atoms in total. The summed E-state index contributed by atoms with van der Waals surface area (Å²) in [4.78, 5) is 0. The molecule has 0 unspecified atom stereocenters. The lowest BCUT2D eigenvalue weighted by Gasteiger charge is -2.26. The van der Waals surface area contributed by atoms with Crippen LogP contribution in [0.15, 0.2) is 36.4 Å². The van der Waals surface area contributed by atoms with Crippen LogP contribution in [0.3, 0.4) is 0 Å². The van der Waals surface area contributed by atoms with Crippen LogP contribution in [-0.4, -0.2) is 6.04 Å². The zero-order valence-corrected chi connectivity index (χ0v) is 13.4. The van der Waals surface area contributed by atoms with Gasteiger partial charge in [-0.05, 0) is 60.4 Å². The molecule has 25 heavy (non-hydrogen) atoms. The van der Waals surface area contributed by atoms with Gasteiger partial charge in [-0.3, -0.25) is 0 Å². The van der Waals surface area contributed by atoms with E-state index in [0.29, 0.717) is 11.5 Å². The molecule has 2 N–H and O–H groups in total. The fourth-order valence-electron chi connectivity index (χ4n) is 3.41. The fourth-order valence-corrected chi connectivity index (χ4v) is 3.41. The van der Waals surface area contributed by atoms with E-state index in [0.717, 1.165) is 43.4 Å². The molecule has 0 bridgehead atoms. The average Bonchev–Trinajstić information content (AvgIpc) is 2.54. The number of nitrogens with two attached hydrogens (primary N) is 1. The van der Waals surface area contributed by atoms with E-state index in [1.54, 1.807) is 12.1 Å². The number of rotatable bonds is 2. The van der Waals surface area contributed by atoms with E-state index in [2.05, 4.69) is 0 Å². The van der Waals surface area contributed by atoms with Gasteiger partial charge in [-0.1, -0.05) is 24.3 Å². The van der Waals surface area contributed by atoms with Gasteiger partial charge < -0.3 is 5.73 Å². The molecule has 0 aromatic heterocycles. The topological polar surface area (TPSA) is 26.0 Å². The molecule has 1 aliphatic rings. The molecular weight excluding hydrogens is 337 g/mol. The van der Waals surface area contributed by atoms with Gasteiger partial charge in [-0.15, -0.1) is 0 Å². The van der Waals surface area contributed by atoms with Crippen molar-refractivity contribution >= 4 is 0 Å². The van der Waals surface area contributed by atoms with Gasteiger partial charge in [-0.25, -0.2) is 8.78 Å². The minimum atomic E-state index is -5.06. The minimum Gasteiger partial charge on any atom is -0.328 e. The van der Waals surface area contributed by atoms with Crippen molar-refractivity contribution in [2.45, 2.75) is 43.8 Å². The first-order valence-corrected chi connectivity index (χ1v) is 8.18. The summed E-state index contributed by atoms with van der Waals surface area (Å²) in [6.07, 6.45) is -1.16. The van der Waals surface area contributed by atoms with Crippen molar-refractivity contribution < 1.29 is 22.0 Å². The maximum absolute atomic E-state index is 13.7. The van der Waals surface area contributed by atoms with Crippen molar-refractivity contribution in [3.63, 3.8) is 0 Å². The Bertz CT molecular complexity index is 720. The van der Waals surface area contributed by atoms with Gasteiger partial charge in [0.25, 0.3) is 0 Å². The Kier molecular flexibility index (Phi) is 4.82. The highest BCUT2D eigenvalue weighted by molar-refractivity contribution is 5.64. The molecule has 0 heterocycles. The Morgan fingerprint density at radius 1 is 0.800 bits per heavy atom. The van der Waals surface area contributed by atoms with E-state index in [9.17, 15) is 22.0 Å². The van der Waals surface area contributed by atoms with Crippen LogP contribution in [0.2, 0.25) is 0 Å². The second-order valence-electron chi connectivity index (χ2n) is 6.55. The van der Waals surface area contributed by atoms with E-state index < -0.39 is 23.4 Å². The molecule has 0 atom stereocenters. The summed E-state index contributed by atoms with van der Waals surface area (Å²) in [5.41, 5.74) is 5.71. The number of alkyl halides is 3. The van der Waals surface area contributed by atoms with Crippen LogP contribution in [-0.2, 0) is 6.18 Å². The SMILES string of the molecule is NC1CCC(c2ccc(-c3cc(F)c(C(F)(F)F)c(F)c3)cc2)CC1. The van der Waals surface area contributed by atoms with E-state index in [4.69, 9.17) is 5.73 Å². The molecule has 3 rings (SSSR count). The molecule has 6 heteroatoms. The smallest absolute Gasteiger partial charge is 0.328 e. The normalized spacial score (nSPS) is 21.4. The van der Waals surface area contributed by atoms with Crippen molar-refractivity contribution in [1.29, 1.82) is 0 Å². The van der Waals surface area contributed by atoms with Gasteiger partial charge in [-0.2, -0.15) is 13.2 Å². The average molecular weight is 355 g/mol. The van der Waals surface area contributed by atoms with Crippen LogP contribution < -0.4 is 5.73 Å². The maximum atomic E-state index is 13.7.